The number of benzene rings is 1. The molecule has 0 radical (unpaired) electrons. The summed E-state index contributed by atoms with van der Waals surface area (Å²) in [6.45, 7) is 2.29. The van der Waals surface area contributed by atoms with Crippen molar-refractivity contribution in [1.82, 2.24) is 15.2 Å². The van der Waals surface area contributed by atoms with Gasteiger partial charge in [0.1, 0.15) is 5.58 Å². The van der Waals surface area contributed by atoms with E-state index in [2.05, 4.69) is 22.4 Å². The Bertz CT molecular complexity index is 980. The number of nitrogens with zero attached hydrogens (tertiary/aromatic N) is 2. The van der Waals surface area contributed by atoms with Crippen molar-refractivity contribution in [2.75, 3.05) is 19.6 Å². The number of hydrogen-bond donors (Lipinski definition) is 1. The average molecular weight is 361 g/mol. The number of fused-ring (bicyclic) bond motifs is 2. The van der Waals surface area contributed by atoms with E-state index in [1.807, 2.05) is 23.2 Å². The van der Waals surface area contributed by atoms with Crippen molar-refractivity contribution < 1.29 is 9.21 Å². The van der Waals surface area contributed by atoms with E-state index in [-0.39, 0.29) is 11.9 Å². The highest BCUT2D eigenvalue weighted by Crippen LogP contribution is 2.31. The van der Waals surface area contributed by atoms with Gasteiger partial charge in [-0.15, -0.1) is 0 Å². The Morgan fingerprint density at radius 3 is 3.04 bits per heavy atom. The standard InChI is InChI=1S/C22H23N3O2/c26-22(25-8-7-24-13-20(25)17-5-2-6-23-12-17)11-18-14-27-21-10-16-4-1-3-15(16)9-19(18)21/h2,5-6,9-10,12,14,20,24H,1,3-4,7-8,11,13H2. The van der Waals surface area contributed by atoms with Crippen molar-refractivity contribution in [3.05, 3.63) is 65.2 Å². The summed E-state index contributed by atoms with van der Waals surface area (Å²) in [6.07, 6.45) is 9.24. The zero-order valence-electron chi connectivity index (χ0n) is 15.3. The molecule has 5 nitrogen and oxygen atoms in total. The molecule has 1 fully saturated rings. The third kappa shape index (κ3) is 3.02. The molecule has 27 heavy (non-hydrogen) atoms. The number of hydrogen-bond acceptors (Lipinski definition) is 4. The van der Waals surface area contributed by atoms with Crippen molar-refractivity contribution in [3.8, 4) is 0 Å². The third-order valence-electron chi connectivity index (χ3n) is 5.84. The van der Waals surface area contributed by atoms with E-state index in [9.17, 15) is 4.79 Å². The van der Waals surface area contributed by atoms with E-state index in [4.69, 9.17) is 4.42 Å². The Kier molecular flexibility index (Phi) is 4.17. The number of carbonyl (C=O) groups is 1. The zero-order valence-corrected chi connectivity index (χ0v) is 15.3. The summed E-state index contributed by atoms with van der Waals surface area (Å²) in [7, 11) is 0. The number of furan rings is 1. The molecular formula is C22H23N3O2. The van der Waals surface area contributed by atoms with E-state index >= 15 is 0 Å². The number of nitrogens with one attached hydrogen (secondary N) is 1. The number of aryl methyl sites for hydroxylation is 2. The lowest BCUT2D eigenvalue weighted by atomic mass is 10.0. The summed E-state index contributed by atoms with van der Waals surface area (Å²) >= 11 is 0. The van der Waals surface area contributed by atoms with Crippen molar-refractivity contribution in [3.63, 3.8) is 0 Å². The zero-order chi connectivity index (χ0) is 18.2. The van der Waals surface area contributed by atoms with Crippen LogP contribution in [0.25, 0.3) is 11.0 Å². The maximum atomic E-state index is 13.2. The first-order chi connectivity index (χ1) is 13.3. The van der Waals surface area contributed by atoms with E-state index in [1.165, 1.54) is 17.5 Å². The summed E-state index contributed by atoms with van der Waals surface area (Å²) < 4.78 is 5.78. The van der Waals surface area contributed by atoms with Gasteiger partial charge < -0.3 is 14.6 Å². The molecular weight excluding hydrogens is 338 g/mol. The van der Waals surface area contributed by atoms with Crippen LogP contribution in [-0.2, 0) is 24.1 Å². The molecule has 1 aliphatic carbocycles. The van der Waals surface area contributed by atoms with Crippen molar-refractivity contribution in [1.29, 1.82) is 0 Å². The van der Waals surface area contributed by atoms with Crippen LogP contribution < -0.4 is 5.32 Å². The predicted molar refractivity (Wildman–Crippen MR) is 104 cm³/mol. The molecule has 1 unspecified atom stereocenters. The summed E-state index contributed by atoms with van der Waals surface area (Å²) in [5.74, 6) is 0.147. The van der Waals surface area contributed by atoms with Crippen molar-refractivity contribution in [2.45, 2.75) is 31.7 Å². The van der Waals surface area contributed by atoms with Gasteiger partial charge in [0.05, 0.1) is 18.7 Å². The lowest BCUT2D eigenvalue weighted by Gasteiger charge is -2.36. The number of piperazine rings is 1. The van der Waals surface area contributed by atoms with Gasteiger partial charge in [-0.1, -0.05) is 6.07 Å². The molecule has 1 amide bonds. The summed E-state index contributed by atoms with van der Waals surface area (Å²) in [4.78, 5) is 19.4. The fourth-order valence-corrected chi connectivity index (χ4v) is 4.42. The summed E-state index contributed by atoms with van der Waals surface area (Å²) in [6, 6.07) is 8.40. The smallest absolute Gasteiger partial charge is 0.227 e. The Balaban J connectivity index is 1.41. The van der Waals surface area contributed by atoms with E-state index in [0.29, 0.717) is 13.0 Å². The first kappa shape index (κ1) is 16.5. The lowest BCUT2D eigenvalue weighted by molar-refractivity contribution is -0.133. The number of pyridine rings is 1. The molecule has 3 aromatic rings. The molecule has 1 aromatic carbocycles. The van der Waals surface area contributed by atoms with Gasteiger partial charge in [-0.05, 0) is 54.2 Å². The molecule has 3 heterocycles. The normalized spacial score (nSPS) is 19.4. The van der Waals surface area contributed by atoms with Crippen molar-refractivity contribution >= 4 is 16.9 Å². The number of amides is 1. The lowest BCUT2D eigenvalue weighted by Crippen LogP contribution is -2.49. The van der Waals surface area contributed by atoms with Gasteiger partial charge in [0, 0.05) is 43.0 Å². The van der Waals surface area contributed by atoms with Gasteiger partial charge in [-0.2, -0.15) is 0 Å². The average Bonchev–Trinajstić information content (AvgIpc) is 3.33. The van der Waals surface area contributed by atoms with Gasteiger partial charge >= 0.3 is 0 Å². The van der Waals surface area contributed by atoms with E-state index in [0.717, 1.165) is 48.0 Å². The van der Waals surface area contributed by atoms with Crippen LogP contribution in [0.2, 0.25) is 0 Å². The number of aromatic nitrogens is 1. The first-order valence-electron chi connectivity index (χ1n) is 9.71. The third-order valence-corrected chi connectivity index (χ3v) is 5.84. The van der Waals surface area contributed by atoms with Gasteiger partial charge in [-0.3, -0.25) is 9.78 Å². The molecule has 1 aliphatic heterocycles. The maximum absolute atomic E-state index is 13.2. The second kappa shape index (κ2) is 6.82. The van der Waals surface area contributed by atoms with Crippen molar-refractivity contribution in [2.24, 2.45) is 0 Å². The van der Waals surface area contributed by atoms with Crippen LogP contribution in [0, 0.1) is 0 Å². The summed E-state index contributed by atoms with van der Waals surface area (Å²) in [5, 5.41) is 4.49. The Morgan fingerprint density at radius 2 is 2.19 bits per heavy atom. The second-order valence-corrected chi connectivity index (χ2v) is 7.50. The topological polar surface area (TPSA) is 58.4 Å². The molecule has 5 rings (SSSR count). The highest BCUT2D eigenvalue weighted by molar-refractivity contribution is 5.89. The molecule has 0 bridgehead atoms. The quantitative estimate of drug-likeness (QED) is 0.779. The Labute approximate surface area is 158 Å². The Morgan fingerprint density at radius 1 is 1.30 bits per heavy atom. The van der Waals surface area contributed by atoms with Crippen LogP contribution in [0.3, 0.4) is 0 Å². The van der Waals surface area contributed by atoms with Gasteiger partial charge in [0.25, 0.3) is 0 Å². The van der Waals surface area contributed by atoms with Crippen LogP contribution in [0.1, 0.15) is 34.7 Å². The van der Waals surface area contributed by atoms with Crippen LogP contribution in [-0.4, -0.2) is 35.4 Å². The maximum Gasteiger partial charge on any atom is 0.227 e. The molecule has 5 heteroatoms. The first-order valence-corrected chi connectivity index (χ1v) is 9.71. The van der Waals surface area contributed by atoms with E-state index < -0.39 is 0 Å². The molecule has 0 spiro atoms. The molecule has 1 N–H and O–H groups in total. The largest absolute Gasteiger partial charge is 0.464 e. The van der Waals surface area contributed by atoms with E-state index in [1.54, 1.807) is 12.5 Å². The van der Waals surface area contributed by atoms with Crippen LogP contribution in [0.15, 0.2) is 47.3 Å². The number of carbonyl (C=O) groups excluding carboxylic acids is 1. The molecule has 0 saturated carbocycles. The predicted octanol–water partition coefficient (Wildman–Crippen LogP) is 3.03. The minimum atomic E-state index is 0.0300. The number of rotatable bonds is 3. The fourth-order valence-electron chi connectivity index (χ4n) is 4.42. The van der Waals surface area contributed by atoms with Crippen LogP contribution in [0.4, 0.5) is 0 Å². The SMILES string of the molecule is O=C(Cc1coc2cc3c(cc12)CCC3)N1CCNCC1c1cccnc1. The van der Waals surface area contributed by atoms with Crippen LogP contribution >= 0.6 is 0 Å². The van der Waals surface area contributed by atoms with Crippen LogP contribution in [0.5, 0.6) is 0 Å². The summed E-state index contributed by atoms with van der Waals surface area (Å²) in [5.41, 5.74) is 5.78. The minimum absolute atomic E-state index is 0.0300. The molecule has 2 aromatic heterocycles. The molecule has 1 atom stereocenters. The van der Waals surface area contributed by atoms with Gasteiger partial charge in [-0.25, -0.2) is 0 Å². The minimum Gasteiger partial charge on any atom is -0.464 e. The molecule has 1 saturated heterocycles. The van der Waals surface area contributed by atoms with Gasteiger partial charge in [0.2, 0.25) is 5.91 Å². The highest BCUT2D eigenvalue weighted by Gasteiger charge is 2.28. The molecule has 138 valence electrons. The molecule has 2 aliphatic rings. The monoisotopic (exact) mass is 361 g/mol. The fraction of sp³-hybridized carbons (Fsp3) is 0.364. The van der Waals surface area contributed by atoms with Gasteiger partial charge in [0.15, 0.2) is 0 Å². The second-order valence-electron chi connectivity index (χ2n) is 7.50. The highest BCUT2D eigenvalue weighted by atomic mass is 16.3. The Hall–Kier alpha value is -2.66.